The second-order valence-corrected chi connectivity index (χ2v) is 7.85. The fourth-order valence-electron chi connectivity index (χ4n) is 4.37. The highest BCUT2D eigenvalue weighted by atomic mass is 16.5. The van der Waals surface area contributed by atoms with E-state index in [2.05, 4.69) is 10.6 Å². The van der Waals surface area contributed by atoms with E-state index in [1.54, 1.807) is 18.2 Å². The maximum atomic E-state index is 13.6. The number of phenols is 1. The molecule has 2 aliphatic rings. The summed E-state index contributed by atoms with van der Waals surface area (Å²) in [5, 5.41) is 17.0. The predicted molar refractivity (Wildman–Crippen MR) is 117 cm³/mol. The SMILES string of the molecule is CCOc1cc([C@@H]2Nc3ccccc3NC3=C2C(=O)[C@@H](C(=O)OC)[C@H](C)C3)ccc1O. The number of para-hydroxylation sites is 2. The Bertz CT molecular complexity index is 1060. The number of aromatic hydroxyl groups is 1. The van der Waals surface area contributed by atoms with Gasteiger partial charge in [0.1, 0.15) is 5.92 Å². The lowest BCUT2D eigenvalue weighted by molar-refractivity contribution is -0.151. The Hall–Kier alpha value is -3.48. The van der Waals surface area contributed by atoms with E-state index in [4.69, 9.17) is 9.47 Å². The first-order valence-corrected chi connectivity index (χ1v) is 10.4. The van der Waals surface area contributed by atoms with Crippen molar-refractivity contribution in [3.05, 3.63) is 59.3 Å². The summed E-state index contributed by atoms with van der Waals surface area (Å²) in [4.78, 5) is 26.1. The van der Waals surface area contributed by atoms with E-state index in [1.165, 1.54) is 7.11 Å². The van der Waals surface area contributed by atoms with E-state index in [1.807, 2.05) is 38.1 Å². The molecule has 7 nitrogen and oxygen atoms in total. The number of esters is 1. The Morgan fingerprint density at radius 3 is 2.65 bits per heavy atom. The first-order chi connectivity index (χ1) is 14.9. The topological polar surface area (TPSA) is 96.9 Å². The fourth-order valence-corrected chi connectivity index (χ4v) is 4.37. The number of ether oxygens (including phenoxy) is 2. The fraction of sp³-hybridized carbons (Fsp3) is 0.333. The zero-order chi connectivity index (χ0) is 22.1. The number of phenolic OH excluding ortho intramolecular Hbond substituents is 1. The minimum Gasteiger partial charge on any atom is -0.504 e. The number of carbonyl (C=O) groups is 2. The number of hydrogen-bond donors (Lipinski definition) is 3. The van der Waals surface area contributed by atoms with Gasteiger partial charge in [0.15, 0.2) is 17.3 Å². The van der Waals surface area contributed by atoms with Crippen molar-refractivity contribution >= 4 is 23.1 Å². The van der Waals surface area contributed by atoms with Crippen molar-refractivity contribution in [1.29, 1.82) is 0 Å². The molecule has 0 aromatic heterocycles. The molecule has 0 radical (unpaired) electrons. The summed E-state index contributed by atoms with van der Waals surface area (Å²) in [6, 6.07) is 12.2. The number of anilines is 2. The van der Waals surface area contributed by atoms with Gasteiger partial charge in [0.05, 0.1) is 31.1 Å². The second kappa shape index (κ2) is 8.34. The number of rotatable bonds is 4. The van der Waals surface area contributed by atoms with Gasteiger partial charge in [0.25, 0.3) is 0 Å². The van der Waals surface area contributed by atoms with Crippen LogP contribution in [0, 0.1) is 11.8 Å². The summed E-state index contributed by atoms with van der Waals surface area (Å²) in [7, 11) is 1.30. The molecule has 0 fully saturated rings. The van der Waals surface area contributed by atoms with Crippen molar-refractivity contribution in [1.82, 2.24) is 0 Å². The predicted octanol–water partition coefficient (Wildman–Crippen LogP) is 4.02. The monoisotopic (exact) mass is 422 g/mol. The lowest BCUT2D eigenvalue weighted by Crippen LogP contribution is -2.39. The van der Waals surface area contributed by atoms with E-state index < -0.39 is 17.9 Å². The van der Waals surface area contributed by atoms with Gasteiger partial charge in [-0.15, -0.1) is 0 Å². The van der Waals surface area contributed by atoms with Crippen molar-refractivity contribution in [2.45, 2.75) is 26.3 Å². The number of Topliss-reactive ketones (excluding diaryl/α,β-unsaturated/α-hetero) is 1. The molecule has 0 bridgehead atoms. The van der Waals surface area contributed by atoms with Crippen LogP contribution in [0.1, 0.15) is 31.9 Å². The molecule has 162 valence electrons. The van der Waals surface area contributed by atoms with E-state index in [-0.39, 0.29) is 17.5 Å². The minimum atomic E-state index is -0.862. The third-order valence-corrected chi connectivity index (χ3v) is 5.84. The van der Waals surface area contributed by atoms with Crippen LogP contribution in [0.4, 0.5) is 11.4 Å². The largest absolute Gasteiger partial charge is 0.504 e. The Morgan fingerprint density at radius 2 is 1.94 bits per heavy atom. The van der Waals surface area contributed by atoms with Gasteiger partial charge in [-0.3, -0.25) is 9.59 Å². The zero-order valence-corrected chi connectivity index (χ0v) is 17.8. The van der Waals surface area contributed by atoms with Gasteiger partial charge in [-0.25, -0.2) is 0 Å². The van der Waals surface area contributed by atoms with Crippen LogP contribution >= 0.6 is 0 Å². The van der Waals surface area contributed by atoms with Crippen molar-refractivity contribution < 1.29 is 24.2 Å². The molecule has 0 amide bonds. The highest BCUT2D eigenvalue weighted by Gasteiger charge is 2.44. The number of fused-ring (bicyclic) bond motifs is 1. The Labute approximate surface area is 181 Å². The van der Waals surface area contributed by atoms with Gasteiger partial charge in [-0.1, -0.05) is 25.1 Å². The minimum absolute atomic E-state index is 0.0305. The maximum absolute atomic E-state index is 13.6. The average molecular weight is 422 g/mol. The van der Waals surface area contributed by atoms with Gasteiger partial charge in [-0.2, -0.15) is 0 Å². The van der Waals surface area contributed by atoms with Gasteiger partial charge in [0, 0.05) is 11.3 Å². The van der Waals surface area contributed by atoms with Crippen molar-refractivity contribution in [3.8, 4) is 11.5 Å². The normalized spacial score (nSPS) is 22.4. The number of ketones is 1. The van der Waals surface area contributed by atoms with Gasteiger partial charge in [0.2, 0.25) is 0 Å². The average Bonchev–Trinajstić information content (AvgIpc) is 2.91. The smallest absolute Gasteiger partial charge is 0.316 e. The van der Waals surface area contributed by atoms with Crippen LogP contribution in [-0.2, 0) is 14.3 Å². The molecule has 31 heavy (non-hydrogen) atoms. The molecule has 1 aliphatic heterocycles. The Morgan fingerprint density at radius 1 is 1.19 bits per heavy atom. The molecule has 2 aromatic rings. The lowest BCUT2D eigenvalue weighted by atomic mass is 9.75. The van der Waals surface area contributed by atoms with Crippen LogP contribution in [0.25, 0.3) is 0 Å². The van der Waals surface area contributed by atoms with Crippen LogP contribution in [-0.4, -0.2) is 30.6 Å². The molecule has 4 rings (SSSR count). The quantitative estimate of drug-likeness (QED) is 0.506. The van der Waals surface area contributed by atoms with E-state index >= 15 is 0 Å². The van der Waals surface area contributed by atoms with Crippen LogP contribution in [0.15, 0.2) is 53.7 Å². The van der Waals surface area contributed by atoms with Crippen molar-refractivity contribution in [3.63, 3.8) is 0 Å². The van der Waals surface area contributed by atoms with Gasteiger partial charge < -0.3 is 25.2 Å². The summed E-state index contributed by atoms with van der Waals surface area (Å²) in [6.45, 7) is 4.12. The lowest BCUT2D eigenvalue weighted by Gasteiger charge is -2.32. The van der Waals surface area contributed by atoms with Crippen molar-refractivity contribution in [2.75, 3.05) is 24.4 Å². The van der Waals surface area contributed by atoms with Gasteiger partial charge >= 0.3 is 5.97 Å². The van der Waals surface area contributed by atoms with E-state index in [0.29, 0.717) is 24.4 Å². The molecule has 0 saturated heterocycles. The Balaban J connectivity index is 1.87. The molecule has 0 unspecified atom stereocenters. The summed E-state index contributed by atoms with van der Waals surface area (Å²) < 4.78 is 10.5. The highest BCUT2D eigenvalue weighted by Crippen LogP contribution is 2.44. The molecular formula is C24H26N2O5. The molecule has 0 spiro atoms. The summed E-state index contributed by atoms with van der Waals surface area (Å²) in [5.74, 6) is -1.47. The number of hydrogen-bond acceptors (Lipinski definition) is 7. The van der Waals surface area contributed by atoms with Crippen molar-refractivity contribution in [2.24, 2.45) is 11.8 Å². The molecule has 7 heteroatoms. The molecule has 1 heterocycles. The maximum Gasteiger partial charge on any atom is 0.316 e. The number of benzene rings is 2. The van der Waals surface area contributed by atoms with Crippen LogP contribution < -0.4 is 15.4 Å². The number of nitrogens with one attached hydrogen (secondary N) is 2. The molecule has 2 aromatic carbocycles. The first kappa shape index (κ1) is 20.8. The van der Waals surface area contributed by atoms with Gasteiger partial charge in [-0.05, 0) is 49.1 Å². The summed E-state index contributed by atoms with van der Waals surface area (Å²) in [6.07, 6.45) is 0.532. The summed E-state index contributed by atoms with van der Waals surface area (Å²) in [5.41, 5.74) is 3.73. The number of methoxy groups -OCH3 is 1. The third kappa shape index (κ3) is 3.71. The second-order valence-electron chi connectivity index (χ2n) is 7.85. The molecule has 1 aliphatic carbocycles. The summed E-state index contributed by atoms with van der Waals surface area (Å²) >= 11 is 0. The number of carbonyl (C=O) groups excluding carboxylic acids is 2. The number of allylic oxidation sites excluding steroid dienone is 1. The van der Waals surface area contributed by atoms with Crippen LogP contribution in [0.3, 0.4) is 0 Å². The van der Waals surface area contributed by atoms with Crippen LogP contribution in [0.5, 0.6) is 11.5 Å². The standard InChI is InChI=1S/C24H26N2O5/c1-4-31-19-12-14(9-10-18(19)27)22-21-17(25-15-7-5-6-8-16(15)26-22)11-13(2)20(23(21)28)24(29)30-3/h5-10,12-13,20,22,25-27H,4,11H2,1-3H3/t13-,20+,22+/m1/s1. The molecule has 0 saturated carbocycles. The first-order valence-electron chi connectivity index (χ1n) is 10.4. The zero-order valence-electron chi connectivity index (χ0n) is 17.8. The molecular weight excluding hydrogens is 396 g/mol. The third-order valence-electron chi connectivity index (χ3n) is 5.84. The molecule has 3 N–H and O–H groups in total. The van der Waals surface area contributed by atoms with E-state index in [0.717, 1.165) is 22.6 Å². The molecule has 3 atom stereocenters. The highest BCUT2D eigenvalue weighted by molar-refractivity contribution is 6.11. The van der Waals surface area contributed by atoms with E-state index in [9.17, 15) is 14.7 Å². The van der Waals surface area contributed by atoms with Crippen LogP contribution in [0.2, 0.25) is 0 Å². The Kier molecular flexibility index (Phi) is 5.59.